The van der Waals surface area contributed by atoms with Crippen molar-refractivity contribution in [2.75, 3.05) is 33.8 Å². The minimum Gasteiger partial charge on any atom is -0.453 e. The summed E-state index contributed by atoms with van der Waals surface area (Å²) in [5.41, 5.74) is 1.16. The van der Waals surface area contributed by atoms with Gasteiger partial charge in [0, 0.05) is 19.6 Å². The van der Waals surface area contributed by atoms with E-state index in [0.29, 0.717) is 6.54 Å². The first-order valence-corrected chi connectivity index (χ1v) is 5.80. The second-order valence-electron chi connectivity index (χ2n) is 4.35. The molecule has 1 heterocycles. The number of amides is 1. The van der Waals surface area contributed by atoms with Crippen molar-refractivity contribution in [1.82, 2.24) is 9.80 Å². The van der Waals surface area contributed by atoms with E-state index < -0.39 is 0 Å². The van der Waals surface area contributed by atoms with Crippen molar-refractivity contribution in [1.29, 1.82) is 0 Å². The monoisotopic (exact) mass is 234 g/mol. The number of carbonyl (C=O) groups is 1. The highest BCUT2D eigenvalue weighted by molar-refractivity contribution is 5.68. The molecule has 0 spiro atoms. The Balaban J connectivity index is 2.23. The van der Waals surface area contributed by atoms with Gasteiger partial charge < -0.3 is 9.64 Å². The summed E-state index contributed by atoms with van der Waals surface area (Å²) in [6.07, 6.45) is -0.244. The topological polar surface area (TPSA) is 32.8 Å². The zero-order chi connectivity index (χ0) is 12.3. The highest BCUT2D eigenvalue weighted by atomic mass is 16.5. The van der Waals surface area contributed by atoms with Gasteiger partial charge in [0.25, 0.3) is 0 Å². The number of nitrogens with zero attached hydrogens (tertiary/aromatic N) is 2. The molecule has 1 saturated heterocycles. The van der Waals surface area contributed by atoms with Gasteiger partial charge in [0.1, 0.15) is 0 Å². The molecule has 0 bridgehead atoms. The molecule has 1 aromatic carbocycles. The summed E-state index contributed by atoms with van der Waals surface area (Å²) in [5, 5.41) is 0. The van der Waals surface area contributed by atoms with Crippen LogP contribution >= 0.6 is 0 Å². The Kier molecular flexibility index (Phi) is 3.64. The fraction of sp³-hybridized carbons (Fsp3) is 0.462. The Bertz CT molecular complexity index is 380. The minimum absolute atomic E-state index is 0.0856. The van der Waals surface area contributed by atoms with E-state index in [1.807, 2.05) is 18.2 Å². The average molecular weight is 234 g/mol. The molecular weight excluding hydrogens is 216 g/mol. The molecule has 1 atom stereocenters. The largest absolute Gasteiger partial charge is 0.453 e. The van der Waals surface area contributed by atoms with Gasteiger partial charge in [0.2, 0.25) is 0 Å². The molecule has 0 radical (unpaired) electrons. The van der Waals surface area contributed by atoms with E-state index in [9.17, 15) is 4.79 Å². The molecule has 4 nitrogen and oxygen atoms in total. The molecule has 1 fully saturated rings. The second kappa shape index (κ2) is 5.19. The molecule has 0 saturated carbocycles. The van der Waals surface area contributed by atoms with Crippen LogP contribution in [0.1, 0.15) is 11.6 Å². The van der Waals surface area contributed by atoms with Crippen molar-refractivity contribution in [2.24, 2.45) is 0 Å². The number of rotatable bonds is 1. The third-order valence-electron chi connectivity index (χ3n) is 3.18. The molecule has 0 aliphatic carbocycles. The molecule has 2 rings (SSSR count). The molecule has 1 unspecified atom stereocenters. The molecule has 92 valence electrons. The normalized spacial score (nSPS) is 21.3. The molecule has 1 amide bonds. The van der Waals surface area contributed by atoms with Gasteiger partial charge in [-0.05, 0) is 12.6 Å². The van der Waals surface area contributed by atoms with Gasteiger partial charge in [-0.3, -0.25) is 4.90 Å². The SMILES string of the molecule is COC(=O)N1CCN(C)CC1c1ccccc1. The van der Waals surface area contributed by atoms with E-state index in [2.05, 4.69) is 24.1 Å². The first-order chi connectivity index (χ1) is 8.22. The maximum Gasteiger partial charge on any atom is 0.410 e. The molecule has 17 heavy (non-hydrogen) atoms. The van der Waals surface area contributed by atoms with E-state index in [0.717, 1.165) is 18.7 Å². The van der Waals surface area contributed by atoms with Crippen LogP contribution in [0.4, 0.5) is 4.79 Å². The predicted molar refractivity (Wildman–Crippen MR) is 65.8 cm³/mol. The Hall–Kier alpha value is -1.55. The van der Waals surface area contributed by atoms with Crippen LogP contribution in [0, 0.1) is 0 Å². The van der Waals surface area contributed by atoms with Crippen molar-refractivity contribution in [2.45, 2.75) is 6.04 Å². The lowest BCUT2D eigenvalue weighted by atomic mass is 10.0. The summed E-state index contributed by atoms with van der Waals surface area (Å²) >= 11 is 0. The summed E-state index contributed by atoms with van der Waals surface area (Å²) < 4.78 is 4.85. The summed E-state index contributed by atoms with van der Waals surface area (Å²) in [7, 11) is 3.51. The summed E-state index contributed by atoms with van der Waals surface area (Å²) in [6.45, 7) is 2.44. The van der Waals surface area contributed by atoms with Gasteiger partial charge >= 0.3 is 6.09 Å². The van der Waals surface area contributed by atoms with Gasteiger partial charge in [-0.1, -0.05) is 30.3 Å². The van der Waals surface area contributed by atoms with E-state index in [1.54, 1.807) is 4.90 Å². The van der Waals surface area contributed by atoms with Crippen LogP contribution in [0.5, 0.6) is 0 Å². The van der Waals surface area contributed by atoms with Crippen LogP contribution in [0.25, 0.3) is 0 Å². The molecule has 1 aromatic rings. The van der Waals surface area contributed by atoms with Crippen LogP contribution in [-0.4, -0.2) is 49.7 Å². The number of hydrogen-bond donors (Lipinski definition) is 0. The van der Waals surface area contributed by atoms with Crippen molar-refractivity contribution in [3.8, 4) is 0 Å². The zero-order valence-electron chi connectivity index (χ0n) is 10.3. The molecule has 1 aliphatic heterocycles. The lowest BCUT2D eigenvalue weighted by molar-refractivity contribution is 0.0653. The summed E-state index contributed by atoms with van der Waals surface area (Å²) in [4.78, 5) is 15.8. The van der Waals surface area contributed by atoms with Gasteiger partial charge in [-0.25, -0.2) is 4.79 Å². The fourth-order valence-corrected chi connectivity index (χ4v) is 2.22. The standard InChI is InChI=1S/C13H18N2O2/c1-14-8-9-15(13(16)17-2)12(10-14)11-6-4-3-5-7-11/h3-7,12H,8-10H2,1-2H3. The first kappa shape index (κ1) is 11.9. The molecule has 0 N–H and O–H groups in total. The average Bonchev–Trinajstić information content (AvgIpc) is 2.39. The van der Waals surface area contributed by atoms with Gasteiger partial charge in [0.15, 0.2) is 0 Å². The number of likely N-dealkylation sites (N-methyl/N-ethyl adjacent to an activating group) is 1. The highest BCUT2D eigenvalue weighted by Gasteiger charge is 2.30. The summed E-state index contributed by atoms with van der Waals surface area (Å²) in [5.74, 6) is 0. The van der Waals surface area contributed by atoms with Crippen LogP contribution in [0.15, 0.2) is 30.3 Å². The third kappa shape index (κ3) is 2.58. The minimum atomic E-state index is -0.244. The lowest BCUT2D eigenvalue weighted by Gasteiger charge is -2.39. The van der Waals surface area contributed by atoms with E-state index in [4.69, 9.17) is 4.74 Å². The quantitative estimate of drug-likeness (QED) is 0.742. The van der Waals surface area contributed by atoms with E-state index in [1.165, 1.54) is 7.11 Å². The van der Waals surface area contributed by atoms with Crippen molar-refractivity contribution < 1.29 is 9.53 Å². The lowest BCUT2D eigenvalue weighted by Crippen LogP contribution is -2.49. The van der Waals surface area contributed by atoms with Crippen molar-refractivity contribution in [3.05, 3.63) is 35.9 Å². The van der Waals surface area contributed by atoms with Gasteiger partial charge in [-0.2, -0.15) is 0 Å². The Morgan fingerprint density at radius 1 is 1.29 bits per heavy atom. The Labute approximate surface area is 102 Å². The number of ether oxygens (including phenoxy) is 1. The summed E-state index contributed by atoms with van der Waals surface area (Å²) in [6, 6.07) is 10.2. The van der Waals surface area contributed by atoms with Gasteiger partial charge in [0.05, 0.1) is 13.2 Å². The maximum atomic E-state index is 11.7. The van der Waals surface area contributed by atoms with Crippen LogP contribution in [0.3, 0.4) is 0 Å². The number of hydrogen-bond acceptors (Lipinski definition) is 3. The number of benzene rings is 1. The van der Waals surface area contributed by atoms with Crippen LogP contribution < -0.4 is 0 Å². The maximum absolute atomic E-state index is 11.7. The molecular formula is C13H18N2O2. The number of piperazine rings is 1. The van der Waals surface area contributed by atoms with Crippen LogP contribution in [-0.2, 0) is 4.74 Å². The zero-order valence-corrected chi connectivity index (χ0v) is 10.3. The molecule has 1 aliphatic rings. The van der Waals surface area contributed by atoms with Crippen LogP contribution in [0.2, 0.25) is 0 Å². The van der Waals surface area contributed by atoms with E-state index >= 15 is 0 Å². The smallest absolute Gasteiger partial charge is 0.410 e. The van der Waals surface area contributed by atoms with Crippen molar-refractivity contribution in [3.63, 3.8) is 0 Å². The Morgan fingerprint density at radius 2 is 2.00 bits per heavy atom. The fourth-order valence-electron chi connectivity index (χ4n) is 2.22. The third-order valence-corrected chi connectivity index (χ3v) is 3.18. The molecule has 0 aromatic heterocycles. The van der Waals surface area contributed by atoms with Gasteiger partial charge in [-0.15, -0.1) is 0 Å². The van der Waals surface area contributed by atoms with Crippen molar-refractivity contribution >= 4 is 6.09 Å². The molecule has 4 heteroatoms. The number of carbonyl (C=O) groups excluding carboxylic acids is 1. The Morgan fingerprint density at radius 3 is 2.65 bits per heavy atom. The second-order valence-corrected chi connectivity index (χ2v) is 4.35. The number of methoxy groups -OCH3 is 1. The highest BCUT2D eigenvalue weighted by Crippen LogP contribution is 2.25. The predicted octanol–water partition coefficient (Wildman–Crippen LogP) is 1.74. The first-order valence-electron chi connectivity index (χ1n) is 5.80. The van der Waals surface area contributed by atoms with E-state index in [-0.39, 0.29) is 12.1 Å².